The number of carboxylic acids is 1. The summed E-state index contributed by atoms with van der Waals surface area (Å²) in [5.41, 5.74) is 1.11. The summed E-state index contributed by atoms with van der Waals surface area (Å²) in [6.07, 6.45) is 1.21. The monoisotopic (exact) mass is 251 g/mol. The smallest absolute Gasteiger partial charge is 0.348 e. The highest BCUT2D eigenvalue weighted by molar-refractivity contribution is 7.12. The van der Waals surface area contributed by atoms with E-state index >= 15 is 0 Å². The van der Waals surface area contributed by atoms with Gasteiger partial charge in [-0.05, 0) is 24.8 Å². The first-order valence-electron chi connectivity index (χ1n) is 4.81. The van der Waals surface area contributed by atoms with Gasteiger partial charge in [-0.3, -0.25) is 9.59 Å². The van der Waals surface area contributed by atoms with E-state index in [1.54, 1.807) is 12.3 Å². The van der Waals surface area contributed by atoms with Gasteiger partial charge in [0.1, 0.15) is 4.88 Å². The van der Waals surface area contributed by atoms with Gasteiger partial charge in [-0.25, -0.2) is 9.69 Å². The predicted molar refractivity (Wildman–Crippen MR) is 62.3 cm³/mol. The van der Waals surface area contributed by atoms with Gasteiger partial charge in [0.15, 0.2) is 0 Å². The van der Waals surface area contributed by atoms with Gasteiger partial charge in [0, 0.05) is 11.6 Å². The number of amides is 2. The van der Waals surface area contributed by atoms with E-state index in [4.69, 9.17) is 5.11 Å². The van der Waals surface area contributed by atoms with Crippen LogP contribution in [0.15, 0.2) is 17.0 Å². The van der Waals surface area contributed by atoms with Crippen molar-refractivity contribution in [2.75, 3.05) is 4.90 Å². The highest BCUT2D eigenvalue weighted by Gasteiger charge is 2.34. The zero-order valence-electron chi connectivity index (χ0n) is 9.18. The third kappa shape index (κ3) is 1.66. The van der Waals surface area contributed by atoms with Gasteiger partial charge >= 0.3 is 5.97 Å². The van der Waals surface area contributed by atoms with Gasteiger partial charge < -0.3 is 5.11 Å². The summed E-state index contributed by atoms with van der Waals surface area (Å²) in [5, 5.41) is 10.6. The molecule has 1 aromatic heterocycles. The van der Waals surface area contributed by atoms with Crippen molar-refractivity contribution in [3.63, 3.8) is 0 Å². The second-order valence-electron chi connectivity index (χ2n) is 3.71. The minimum absolute atomic E-state index is 0.00676. The largest absolute Gasteiger partial charge is 0.477 e. The van der Waals surface area contributed by atoms with Gasteiger partial charge in [-0.15, -0.1) is 11.3 Å². The van der Waals surface area contributed by atoms with Crippen LogP contribution in [-0.4, -0.2) is 22.9 Å². The van der Waals surface area contributed by atoms with Crippen LogP contribution in [-0.2, 0) is 9.59 Å². The molecule has 0 fully saturated rings. The van der Waals surface area contributed by atoms with Crippen molar-refractivity contribution in [3.8, 4) is 0 Å². The first kappa shape index (κ1) is 11.5. The molecule has 1 aromatic rings. The molecule has 1 aliphatic rings. The molecule has 17 heavy (non-hydrogen) atoms. The normalized spacial score (nSPS) is 15.4. The minimum Gasteiger partial charge on any atom is -0.477 e. The Bertz CT molecular complexity index is 570. The summed E-state index contributed by atoms with van der Waals surface area (Å²) in [6, 6.07) is 0. The molecule has 6 heteroatoms. The molecule has 0 bridgehead atoms. The number of nitrogens with zero attached hydrogens (tertiary/aromatic N) is 1. The lowest BCUT2D eigenvalue weighted by Crippen LogP contribution is -2.31. The number of anilines is 1. The van der Waals surface area contributed by atoms with Crippen LogP contribution in [0, 0.1) is 6.92 Å². The number of rotatable bonds is 2. The van der Waals surface area contributed by atoms with Gasteiger partial charge in [0.25, 0.3) is 11.8 Å². The summed E-state index contributed by atoms with van der Waals surface area (Å²) in [5.74, 6) is -2.08. The fourth-order valence-electron chi connectivity index (χ4n) is 1.67. The molecule has 5 nitrogen and oxygen atoms in total. The van der Waals surface area contributed by atoms with Crippen molar-refractivity contribution in [1.29, 1.82) is 0 Å². The van der Waals surface area contributed by atoms with E-state index in [1.807, 2.05) is 0 Å². The maximum atomic E-state index is 11.8. The third-order valence-electron chi connectivity index (χ3n) is 2.46. The van der Waals surface area contributed by atoms with Crippen molar-refractivity contribution in [2.45, 2.75) is 13.8 Å². The Morgan fingerprint density at radius 3 is 2.47 bits per heavy atom. The lowest BCUT2D eigenvalue weighted by molar-refractivity contribution is -0.120. The Morgan fingerprint density at radius 1 is 1.35 bits per heavy atom. The Kier molecular flexibility index (Phi) is 2.59. The molecule has 2 heterocycles. The average molecular weight is 251 g/mol. The van der Waals surface area contributed by atoms with Crippen LogP contribution in [0.25, 0.3) is 0 Å². The van der Waals surface area contributed by atoms with Crippen molar-refractivity contribution >= 4 is 34.8 Å². The molecule has 0 atom stereocenters. The highest BCUT2D eigenvalue weighted by atomic mass is 32.1. The molecule has 2 amide bonds. The summed E-state index contributed by atoms with van der Waals surface area (Å²) in [7, 11) is 0. The van der Waals surface area contributed by atoms with E-state index < -0.39 is 17.8 Å². The molecule has 2 rings (SSSR count). The molecule has 1 N–H and O–H groups in total. The average Bonchev–Trinajstić information content (AvgIpc) is 2.70. The summed E-state index contributed by atoms with van der Waals surface area (Å²) in [4.78, 5) is 35.4. The van der Waals surface area contributed by atoms with E-state index in [2.05, 4.69) is 0 Å². The van der Waals surface area contributed by atoms with Gasteiger partial charge in [0.05, 0.1) is 5.69 Å². The fraction of sp³-hybridized carbons (Fsp3) is 0.182. The number of imide groups is 1. The summed E-state index contributed by atoms with van der Waals surface area (Å²) < 4.78 is 0. The fourth-order valence-corrected chi connectivity index (χ4v) is 2.54. The first-order chi connectivity index (χ1) is 7.93. The quantitative estimate of drug-likeness (QED) is 0.810. The number of aromatic carboxylic acids is 1. The second kappa shape index (κ2) is 3.81. The molecule has 0 radical (unpaired) electrons. The Balaban J connectivity index is 2.56. The highest BCUT2D eigenvalue weighted by Crippen LogP contribution is 2.34. The molecule has 0 unspecified atom stereocenters. The molecule has 0 aromatic carbocycles. The van der Waals surface area contributed by atoms with Crippen LogP contribution in [0.1, 0.15) is 22.2 Å². The summed E-state index contributed by atoms with van der Waals surface area (Å²) in [6.45, 7) is 3.20. The number of carboxylic acid groups (broad SMARTS) is 1. The van der Waals surface area contributed by atoms with Crippen LogP contribution in [0.3, 0.4) is 0 Å². The van der Waals surface area contributed by atoms with Crippen molar-refractivity contribution in [3.05, 3.63) is 27.5 Å². The van der Waals surface area contributed by atoms with Crippen LogP contribution in [0.4, 0.5) is 5.69 Å². The van der Waals surface area contributed by atoms with Crippen LogP contribution >= 0.6 is 11.3 Å². The van der Waals surface area contributed by atoms with Crippen molar-refractivity contribution in [1.82, 2.24) is 0 Å². The Labute approximate surface area is 101 Å². The van der Waals surface area contributed by atoms with E-state index in [-0.39, 0.29) is 10.6 Å². The van der Waals surface area contributed by atoms with Crippen LogP contribution in [0.5, 0.6) is 0 Å². The van der Waals surface area contributed by atoms with E-state index in [9.17, 15) is 14.4 Å². The Morgan fingerprint density at radius 2 is 2.00 bits per heavy atom. The van der Waals surface area contributed by atoms with Gasteiger partial charge in [0.2, 0.25) is 0 Å². The predicted octanol–water partition coefficient (Wildman–Crippen LogP) is 1.57. The van der Waals surface area contributed by atoms with Gasteiger partial charge in [-0.1, -0.05) is 0 Å². The minimum atomic E-state index is -1.14. The summed E-state index contributed by atoms with van der Waals surface area (Å²) >= 11 is 1.01. The van der Waals surface area contributed by atoms with Crippen molar-refractivity contribution in [2.24, 2.45) is 0 Å². The molecular weight excluding hydrogens is 242 g/mol. The number of thiophene rings is 1. The maximum absolute atomic E-state index is 11.8. The number of hydrogen-bond acceptors (Lipinski definition) is 4. The molecule has 0 aliphatic carbocycles. The van der Waals surface area contributed by atoms with E-state index in [0.717, 1.165) is 16.2 Å². The standard InChI is InChI=1S/C11H9NO4S/c1-5-3-7(13)12(10(5)14)8-6(2)4-17-9(8)11(15)16/h3-4H,1-2H3,(H,15,16). The lowest BCUT2D eigenvalue weighted by atomic mass is 10.2. The molecule has 88 valence electrons. The maximum Gasteiger partial charge on any atom is 0.348 e. The second-order valence-corrected chi connectivity index (χ2v) is 4.59. The van der Waals surface area contributed by atoms with Crippen LogP contribution in [0.2, 0.25) is 0 Å². The molecule has 0 saturated carbocycles. The zero-order valence-corrected chi connectivity index (χ0v) is 10.00. The zero-order chi connectivity index (χ0) is 12.7. The van der Waals surface area contributed by atoms with Gasteiger partial charge in [-0.2, -0.15) is 0 Å². The first-order valence-corrected chi connectivity index (χ1v) is 5.69. The SMILES string of the molecule is CC1=CC(=O)N(c2c(C)csc2C(=O)O)C1=O. The topological polar surface area (TPSA) is 74.7 Å². The van der Waals surface area contributed by atoms with Crippen LogP contribution < -0.4 is 4.90 Å². The van der Waals surface area contributed by atoms with E-state index in [0.29, 0.717) is 11.1 Å². The number of carbonyl (C=O) groups excluding carboxylic acids is 2. The number of aryl methyl sites for hydroxylation is 1. The molecule has 1 aliphatic heterocycles. The number of hydrogen-bond donors (Lipinski definition) is 1. The molecule has 0 spiro atoms. The lowest BCUT2D eigenvalue weighted by Gasteiger charge is -2.15. The molecule has 0 saturated heterocycles. The third-order valence-corrected chi connectivity index (χ3v) is 3.54. The Hall–Kier alpha value is -1.95. The number of carbonyl (C=O) groups is 3. The van der Waals surface area contributed by atoms with Crippen molar-refractivity contribution < 1.29 is 19.5 Å². The molecular formula is C11H9NO4S. The van der Waals surface area contributed by atoms with E-state index in [1.165, 1.54) is 13.0 Å².